The second-order valence-electron chi connectivity index (χ2n) is 9.56. The van der Waals surface area contributed by atoms with Crippen molar-refractivity contribution in [3.63, 3.8) is 0 Å². The fourth-order valence-electron chi connectivity index (χ4n) is 4.49. The number of fused-ring (bicyclic) bond motifs is 2. The highest BCUT2D eigenvalue weighted by atomic mass is 32.1. The van der Waals surface area contributed by atoms with Crippen molar-refractivity contribution < 1.29 is 23.1 Å². The highest BCUT2D eigenvalue weighted by Crippen LogP contribution is 2.44. The molecule has 0 saturated carbocycles. The van der Waals surface area contributed by atoms with E-state index < -0.39 is 23.2 Å². The van der Waals surface area contributed by atoms with Gasteiger partial charge in [-0.05, 0) is 54.7 Å². The van der Waals surface area contributed by atoms with Crippen LogP contribution >= 0.6 is 11.3 Å². The molecule has 1 amide bonds. The van der Waals surface area contributed by atoms with E-state index in [0.29, 0.717) is 41.1 Å². The van der Waals surface area contributed by atoms with Crippen LogP contribution in [0.15, 0.2) is 45.6 Å². The van der Waals surface area contributed by atoms with Gasteiger partial charge in [0.25, 0.3) is 5.91 Å². The van der Waals surface area contributed by atoms with Crippen LogP contribution in [0.5, 0.6) is 11.5 Å². The zero-order chi connectivity index (χ0) is 27.0. The molecule has 1 aliphatic rings. The predicted molar refractivity (Wildman–Crippen MR) is 143 cm³/mol. The predicted octanol–water partition coefficient (Wildman–Crippen LogP) is 5.92. The van der Waals surface area contributed by atoms with Crippen molar-refractivity contribution in [2.75, 3.05) is 18.6 Å². The van der Waals surface area contributed by atoms with Gasteiger partial charge in [0, 0.05) is 6.42 Å². The molecule has 0 fully saturated rings. The molecule has 5 rings (SSSR count). The first-order valence-electron chi connectivity index (χ1n) is 12.5. The van der Waals surface area contributed by atoms with Crippen LogP contribution < -0.4 is 19.8 Å². The van der Waals surface area contributed by atoms with E-state index >= 15 is 0 Å². The number of hydrogen-bond donors (Lipinski definition) is 0. The fourth-order valence-corrected chi connectivity index (χ4v) is 5.46. The second-order valence-corrected chi connectivity index (χ2v) is 10.6. The van der Waals surface area contributed by atoms with E-state index in [2.05, 4.69) is 24.0 Å². The number of methoxy groups -OCH3 is 1. The van der Waals surface area contributed by atoms with E-state index in [1.165, 1.54) is 35.5 Å². The Morgan fingerprint density at radius 3 is 2.68 bits per heavy atom. The Labute approximate surface area is 223 Å². The fraction of sp³-hybridized carbons (Fsp3) is 0.357. The Bertz CT molecular complexity index is 1560. The van der Waals surface area contributed by atoms with Gasteiger partial charge in [-0.3, -0.25) is 14.5 Å². The summed E-state index contributed by atoms with van der Waals surface area (Å²) in [5, 5.41) is 9.69. The Balaban J connectivity index is 1.66. The summed E-state index contributed by atoms with van der Waals surface area (Å²) in [7, 11) is 1.53. The minimum atomic E-state index is -0.873. The molecule has 2 aromatic carbocycles. The molecule has 3 heterocycles. The Morgan fingerprint density at radius 1 is 1.13 bits per heavy atom. The molecular formula is C28H28FN3O5S. The highest BCUT2D eigenvalue weighted by Gasteiger charge is 2.45. The van der Waals surface area contributed by atoms with Gasteiger partial charge in [-0.1, -0.05) is 38.2 Å². The average Bonchev–Trinajstić information content (AvgIpc) is 3.47. The molecule has 0 saturated heterocycles. The molecule has 0 aliphatic carbocycles. The second kappa shape index (κ2) is 10.5. The number of amides is 1. The van der Waals surface area contributed by atoms with Crippen LogP contribution in [0.1, 0.15) is 66.3 Å². The molecule has 0 radical (unpaired) electrons. The van der Waals surface area contributed by atoms with Gasteiger partial charge in [0.1, 0.15) is 16.4 Å². The van der Waals surface area contributed by atoms with E-state index in [1.807, 2.05) is 6.92 Å². The molecule has 4 aromatic rings. The van der Waals surface area contributed by atoms with Crippen LogP contribution in [0.3, 0.4) is 0 Å². The highest BCUT2D eigenvalue weighted by molar-refractivity contribution is 7.15. The van der Waals surface area contributed by atoms with Crippen molar-refractivity contribution in [2.24, 2.45) is 5.92 Å². The van der Waals surface area contributed by atoms with Crippen LogP contribution in [0.25, 0.3) is 11.0 Å². The van der Waals surface area contributed by atoms with Crippen LogP contribution in [-0.2, 0) is 6.42 Å². The van der Waals surface area contributed by atoms with Gasteiger partial charge >= 0.3 is 0 Å². The quantitative estimate of drug-likeness (QED) is 0.262. The third-order valence-corrected chi connectivity index (χ3v) is 7.40. The van der Waals surface area contributed by atoms with Crippen molar-refractivity contribution in [1.29, 1.82) is 0 Å². The maximum atomic E-state index is 14.1. The third-order valence-electron chi connectivity index (χ3n) is 6.41. The number of halogens is 1. The lowest BCUT2D eigenvalue weighted by Gasteiger charge is -2.23. The minimum absolute atomic E-state index is 0.0629. The Kier molecular flexibility index (Phi) is 7.16. The van der Waals surface area contributed by atoms with Crippen molar-refractivity contribution in [3.05, 3.63) is 74.3 Å². The lowest BCUT2D eigenvalue weighted by Crippen LogP contribution is -2.29. The first-order valence-corrected chi connectivity index (χ1v) is 13.4. The van der Waals surface area contributed by atoms with Gasteiger partial charge < -0.3 is 13.9 Å². The lowest BCUT2D eigenvalue weighted by atomic mass is 9.98. The maximum absolute atomic E-state index is 14.1. The Morgan fingerprint density at radius 2 is 1.95 bits per heavy atom. The summed E-state index contributed by atoms with van der Waals surface area (Å²) < 4.78 is 31.5. The van der Waals surface area contributed by atoms with Gasteiger partial charge in [0.2, 0.25) is 10.9 Å². The number of anilines is 1. The van der Waals surface area contributed by atoms with Crippen molar-refractivity contribution in [3.8, 4) is 11.5 Å². The van der Waals surface area contributed by atoms with E-state index in [0.717, 1.165) is 23.9 Å². The molecule has 1 aliphatic heterocycles. The standard InChI is InChI=1S/C28H28FN3O5S/c1-5-6-22-30-31-28(38-22)32-24(16-7-9-20(21(13-16)35-4)36-12-11-15(2)3)23-25(33)18-14-17(29)8-10-19(18)37-26(23)27(32)34/h7-10,13-15,24H,5-6,11-12H2,1-4H3. The topological polar surface area (TPSA) is 94.8 Å². The Hall–Kier alpha value is -3.79. The van der Waals surface area contributed by atoms with Crippen molar-refractivity contribution in [2.45, 2.75) is 46.1 Å². The molecule has 2 aromatic heterocycles. The summed E-state index contributed by atoms with van der Waals surface area (Å²) in [6.07, 6.45) is 2.47. The lowest BCUT2D eigenvalue weighted by molar-refractivity contribution is 0.0970. The monoisotopic (exact) mass is 537 g/mol. The molecule has 38 heavy (non-hydrogen) atoms. The summed E-state index contributed by atoms with van der Waals surface area (Å²) in [6, 6.07) is 8.10. The molecule has 0 spiro atoms. The minimum Gasteiger partial charge on any atom is -0.493 e. The molecule has 8 nitrogen and oxygen atoms in total. The number of aryl methyl sites for hydroxylation is 1. The molecular weight excluding hydrogens is 509 g/mol. The first-order chi connectivity index (χ1) is 18.3. The average molecular weight is 538 g/mol. The number of aromatic nitrogens is 2. The number of rotatable bonds is 9. The molecule has 10 heteroatoms. The summed E-state index contributed by atoms with van der Waals surface area (Å²) in [6.45, 7) is 6.79. The smallest absolute Gasteiger partial charge is 0.297 e. The number of carbonyl (C=O) groups excluding carboxylic acids is 1. The van der Waals surface area contributed by atoms with Crippen molar-refractivity contribution in [1.82, 2.24) is 10.2 Å². The first kappa shape index (κ1) is 25.8. The van der Waals surface area contributed by atoms with Gasteiger partial charge in [-0.25, -0.2) is 4.39 Å². The van der Waals surface area contributed by atoms with E-state index in [-0.39, 0.29) is 22.3 Å². The van der Waals surface area contributed by atoms with Crippen LogP contribution in [0.2, 0.25) is 0 Å². The summed E-state index contributed by atoms with van der Waals surface area (Å²) in [5.74, 6) is 0.332. The number of nitrogens with zero attached hydrogens (tertiary/aromatic N) is 3. The number of hydrogen-bond acceptors (Lipinski definition) is 8. The third kappa shape index (κ3) is 4.64. The maximum Gasteiger partial charge on any atom is 0.297 e. The normalized spacial score (nSPS) is 14.9. The largest absolute Gasteiger partial charge is 0.493 e. The molecule has 0 bridgehead atoms. The van der Waals surface area contributed by atoms with E-state index in [4.69, 9.17) is 13.9 Å². The molecule has 198 valence electrons. The van der Waals surface area contributed by atoms with Crippen LogP contribution in [-0.4, -0.2) is 29.8 Å². The van der Waals surface area contributed by atoms with E-state index in [9.17, 15) is 14.0 Å². The van der Waals surface area contributed by atoms with Gasteiger partial charge in [-0.2, -0.15) is 0 Å². The van der Waals surface area contributed by atoms with Gasteiger partial charge in [-0.15, -0.1) is 10.2 Å². The SMILES string of the molecule is CCCc1nnc(N2C(=O)c3oc4ccc(F)cc4c(=O)c3C2c2ccc(OCCC(C)C)c(OC)c2)s1. The summed E-state index contributed by atoms with van der Waals surface area (Å²) >= 11 is 1.29. The number of benzene rings is 2. The number of ether oxygens (including phenoxy) is 2. The van der Waals surface area contributed by atoms with Gasteiger partial charge in [0.05, 0.1) is 30.7 Å². The van der Waals surface area contributed by atoms with E-state index in [1.54, 1.807) is 18.2 Å². The molecule has 0 N–H and O–H groups in total. The number of carbonyl (C=O) groups is 1. The van der Waals surface area contributed by atoms with Crippen molar-refractivity contribution >= 4 is 33.3 Å². The molecule has 1 unspecified atom stereocenters. The zero-order valence-corrected chi connectivity index (χ0v) is 22.4. The summed E-state index contributed by atoms with van der Waals surface area (Å²) in [5.41, 5.74) is 0.381. The van der Waals surface area contributed by atoms with Gasteiger partial charge in [0.15, 0.2) is 16.9 Å². The van der Waals surface area contributed by atoms with Crippen LogP contribution in [0.4, 0.5) is 9.52 Å². The summed E-state index contributed by atoms with van der Waals surface area (Å²) in [4.78, 5) is 28.9. The van der Waals surface area contributed by atoms with Crippen LogP contribution in [0, 0.1) is 11.7 Å². The molecule has 1 atom stereocenters. The zero-order valence-electron chi connectivity index (χ0n) is 21.6.